The number of hydrogen-bond acceptors (Lipinski definition) is 5. The lowest BCUT2D eigenvalue weighted by molar-refractivity contribution is 0.242. The second-order valence-corrected chi connectivity index (χ2v) is 8.68. The van der Waals surface area contributed by atoms with Gasteiger partial charge in [0.1, 0.15) is 5.75 Å². The first kappa shape index (κ1) is 22.1. The van der Waals surface area contributed by atoms with Crippen LogP contribution in [0.25, 0.3) is 0 Å². The average Bonchev–Trinajstić information content (AvgIpc) is 2.73. The highest BCUT2D eigenvalue weighted by atomic mass is 32.2. The molecule has 0 atom stereocenters. The van der Waals surface area contributed by atoms with Gasteiger partial charge in [0.15, 0.2) is 0 Å². The molecule has 0 bridgehead atoms. The summed E-state index contributed by atoms with van der Waals surface area (Å²) in [7, 11) is -3.79. The van der Waals surface area contributed by atoms with Crippen molar-refractivity contribution in [1.82, 2.24) is 10.3 Å². The van der Waals surface area contributed by atoms with Gasteiger partial charge in [-0.05, 0) is 61.9 Å². The average molecular weight is 441 g/mol. The lowest BCUT2D eigenvalue weighted by atomic mass is 10.3. The van der Waals surface area contributed by atoms with Crippen molar-refractivity contribution in [3.05, 3.63) is 78.6 Å². The maximum Gasteiger partial charge on any atom is 0.319 e. The summed E-state index contributed by atoms with van der Waals surface area (Å²) in [5, 5.41) is 5.38. The Kier molecular flexibility index (Phi) is 7.09. The maximum atomic E-state index is 12.7. The van der Waals surface area contributed by atoms with Gasteiger partial charge in [-0.2, -0.15) is 0 Å². The van der Waals surface area contributed by atoms with Crippen LogP contribution in [-0.2, 0) is 16.6 Å². The minimum Gasteiger partial charge on any atom is -0.491 e. The fourth-order valence-electron chi connectivity index (χ4n) is 2.70. The second-order valence-electron chi connectivity index (χ2n) is 6.99. The lowest BCUT2D eigenvalue weighted by Gasteiger charge is -2.13. The van der Waals surface area contributed by atoms with E-state index in [9.17, 15) is 13.2 Å². The maximum absolute atomic E-state index is 12.7. The molecule has 2 amide bonds. The van der Waals surface area contributed by atoms with Crippen molar-refractivity contribution in [2.24, 2.45) is 0 Å². The smallest absolute Gasteiger partial charge is 0.319 e. The zero-order valence-electron chi connectivity index (χ0n) is 17.2. The minimum atomic E-state index is -3.79. The monoisotopic (exact) mass is 440 g/mol. The first-order valence-electron chi connectivity index (χ1n) is 9.65. The van der Waals surface area contributed by atoms with Crippen molar-refractivity contribution in [1.29, 1.82) is 0 Å². The predicted octanol–water partition coefficient (Wildman–Crippen LogP) is 3.99. The third kappa shape index (κ3) is 6.71. The van der Waals surface area contributed by atoms with Crippen molar-refractivity contribution in [2.75, 3.05) is 10.0 Å². The number of carbonyl (C=O) groups excluding carboxylic acids is 1. The minimum absolute atomic E-state index is 0.0199. The van der Waals surface area contributed by atoms with Crippen molar-refractivity contribution < 1.29 is 17.9 Å². The summed E-state index contributed by atoms with van der Waals surface area (Å²) in [6, 6.07) is 15.9. The zero-order chi connectivity index (χ0) is 22.3. The summed E-state index contributed by atoms with van der Waals surface area (Å²) in [4.78, 5) is 16.1. The van der Waals surface area contributed by atoms with E-state index in [1.165, 1.54) is 24.3 Å². The van der Waals surface area contributed by atoms with Crippen LogP contribution in [0.2, 0.25) is 0 Å². The number of ether oxygens (including phenoxy) is 1. The first-order valence-corrected chi connectivity index (χ1v) is 11.1. The van der Waals surface area contributed by atoms with Gasteiger partial charge in [-0.25, -0.2) is 13.2 Å². The Labute approximate surface area is 181 Å². The first-order chi connectivity index (χ1) is 14.8. The molecule has 9 heteroatoms. The molecule has 1 heterocycles. The standard InChI is InChI=1S/C22H24N4O4S/c1-16(2)30-20-7-3-6-19(13-20)26-31(28,29)21-10-8-18(9-11-21)25-22(27)24-15-17-5-4-12-23-14-17/h3-14,16,26H,15H2,1-2H3,(H2,24,25,27). The largest absolute Gasteiger partial charge is 0.491 e. The van der Waals surface area contributed by atoms with E-state index in [1.807, 2.05) is 19.9 Å². The highest BCUT2D eigenvalue weighted by Crippen LogP contribution is 2.22. The van der Waals surface area contributed by atoms with Crippen LogP contribution in [0.15, 0.2) is 78.0 Å². The van der Waals surface area contributed by atoms with E-state index in [0.29, 0.717) is 23.7 Å². The Balaban J connectivity index is 1.60. The van der Waals surface area contributed by atoms with E-state index in [0.717, 1.165) is 5.56 Å². The summed E-state index contributed by atoms with van der Waals surface area (Å²) in [5.41, 5.74) is 1.73. The van der Waals surface area contributed by atoms with Gasteiger partial charge < -0.3 is 15.4 Å². The van der Waals surface area contributed by atoms with Crippen LogP contribution in [0.5, 0.6) is 5.75 Å². The molecule has 0 aliphatic rings. The van der Waals surface area contributed by atoms with Crippen LogP contribution in [0.1, 0.15) is 19.4 Å². The van der Waals surface area contributed by atoms with E-state index < -0.39 is 16.1 Å². The van der Waals surface area contributed by atoms with Gasteiger partial charge in [-0.3, -0.25) is 9.71 Å². The molecule has 1 aromatic heterocycles. The van der Waals surface area contributed by atoms with Crippen LogP contribution in [0.3, 0.4) is 0 Å². The van der Waals surface area contributed by atoms with Gasteiger partial charge in [-0.1, -0.05) is 12.1 Å². The number of pyridine rings is 1. The van der Waals surface area contributed by atoms with Crippen LogP contribution >= 0.6 is 0 Å². The van der Waals surface area contributed by atoms with Gasteiger partial charge in [0, 0.05) is 30.7 Å². The Morgan fingerprint density at radius 2 is 1.81 bits per heavy atom. The highest BCUT2D eigenvalue weighted by molar-refractivity contribution is 7.92. The molecule has 2 aromatic carbocycles. The van der Waals surface area contributed by atoms with E-state index >= 15 is 0 Å². The molecule has 0 aliphatic heterocycles. The number of nitrogens with zero attached hydrogens (tertiary/aromatic N) is 1. The van der Waals surface area contributed by atoms with Gasteiger partial charge in [-0.15, -0.1) is 0 Å². The summed E-state index contributed by atoms with van der Waals surface area (Å²) in [5.74, 6) is 0.576. The third-order valence-corrected chi connectivity index (χ3v) is 5.45. The van der Waals surface area contributed by atoms with Crippen LogP contribution in [-0.4, -0.2) is 25.5 Å². The molecule has 31 heavy (non-hydrogen) atoms. The molecular formula is C22H24N4O4S. The van der Waals surface area contributed by atoms with Gasteiger partial charge in [0.05, 0.1) is 16.7 Å². The number of carbonyl (C=O) groups is 1. The molecule has 8 nitrogen and oxygen atoms in total. The molecule has 0 unspecified atom stereocenters. The molecule has 0 spiro atoms. The lowest BCUT2D eigenvalue weighted by Crippen LogP contribution is -2.28. The summed E-state index contributed by atoms with van der Waals surface area (Å²) < 4.78 is 33.5. The van der Waals surface area contributed by atoms with E-state index in [-0.39, 0.29) is 11.0 Å². The molecule has 0 saturated carbocycles. The van der Waals surface area contributed by atoms with Crippen molar-refractivity contribution in [3.8, 4) is 5.75 Å². The number of aromatic nitrogens is 1. The molecule has 0 aliphatic carbocycles. The number of nitrogens with one attached hydrogen (secondary N) is 3. The van der Waals surface area contributed by atoms with Crippen molar-refractivity contribution in [2.45, 2.75) is 31.4 Å². The van der Waals surface area contributed by atoms with E-state index in [1.54, 1.807) is 42.7 Å². The molecule has 3 rings (SSSR count). The van der Waals surface area contributed by atoms with Crippen molar-refractivity contribution in [3.63, 3.8) is 0 Å². The number of benzene rings is 2. The number of anilines is 2. The fourth-order valence-corrected chi connectivity index (χ4v) is 3.75. The van der Waals surface area contributed by atoms with E-state index in [4.69, 9.17) is 4.74 Å². The predicted molar refractivity (Wildman–Crippen MR) is 120 cm³/mol. The number of rotatable bonds is 8. The molecular weight excluding hydrogens is 416 g/mol. The van der Waals surface area contributed by atoms with Crippen LogP contribution < -0.4 is 20.1 Å². The highest BCUT2D eigenvalue weighted by Gasteiger charge is 2.15. The summed E-state index contributed by atoms with van der Waals surface area (Å²) >= 11 is 0. The molecule has 162 valence electrons. The summed E-state index contributed by atoms with van der Waals surface area (Å²) in [6.45, 7) is 4.12. The van der Waals surface area contributed by atoms with Gasteiger partial charge >= 0.3 is 6.03 Å². The second kappa shape index (κ2) is 9.94. The molecule has 0 radical (unpaired) electrons. The Morgan fingerprint density at radius 1 is 1.03 bits per heavy atom. The molecule has 3 aromatic rings. The zero-order valence-corrected chi connectivity index (χ0v) is 18.0. The Morgan fingerprint density at radius 3 is 2.48 bits per heavy atom. The molecule has 0 saturated heterocycles. The normalized spacial score (nSPS) is 11.1. The van der Waals surface area contributed by atoms with Crippen molar-refractivity contribution >= 4 is 27.4 Å². The van der Waals surface area contributed by atoms with Crippen LogP contribution in [0.4, 0.5) is 16.2 Å². The van der Waals surface area contributed by atoms with Crippen LogP contribution in [0, 0.1) is 0 Å². The number of urea groups is 1. The quantitative estimate of drug-likeness (QED) is 0.491. The Bertz CT molecular complexity index is 1120. The third-order valence-electron chi connectivity index (χ3n) is 4.06. The number of amides is 2. The van der Waals surface area contributed by atoms with E-state index in [2.05, 4.69) is 20.3 Å². The van der Waals surface area contributed by atoms with Gasteiger partial charge in [0.25, 0.3) is 10.0 Å². The van der Waals surface area contributed by atoms with Gasteiger partial charge in [0.2, 0.25) is 0 Å². The fraction of sp³-hybridized carbons (Fsp3) is 0.182. The number of sulfonamides is 1. The topological polar surface area (TPSA) is 109 Å². The number of hydrogen-bond donors (Lipinski definition) is 3. The summed E-state index contributed by atoms with van der Waals surface area (Å²) in [6.07, 6.45) is 3.30. The SMILES string of the molecule is CC(C)Oc1cccc(NS(=O)(=O)c2ccc(NC(=O)NCc3cccnc3)cc2)c1. The molecule has 3 N–H and O–H groups in total. The Hall–Kier alpha value is -3.59. The molecule has 0 fully saturated rings.